The molecule has 0 bridgehead atoms. The van der Waals surface area contributed by atoms with E-state index in [-0.39, 0.29) is 12.7 Å². The molecule has 1 aliphatic heterocycles. The first-order chi connectivity index (χ1) is 10.3. The summed E-state index contributed by atoms with van der Waals surface area (Å²) in [5.41, 5.74) is 0.952. The quantitative estimate of drug-likeness (QED) is 0.879. The lowest BCUT2D eigenvalue weighted by Crippen LogP contribution is -2.41. The summed E-state index contributed by atoms with van der Waals surface area (Å²) < 4.78 is 15.9. The van der Waals surface area contributed by atoms with Crippen LogP contribution in [0.2, 0.25) is 0 Å². The average molecular weight is 291 g/mol. The highest BCUT2D eigenvalue weighted by Crippen LogP contribution is 2.33. The molecule has 0 spiro atoms. The number of aliphatic hydroxyl groups excluding tert-OH is 1. The molecule has 0 aliphatic carbocycles. The van der Waals surface area contributed by atoms with Gasteiger partial charge in [-0.15, -0.1) is 0 Å². The van der Waals surface area contributed by atoms with Crippen molar-refractivity contribution < 1.29 is 19.1 Å². The second-order valence-electron chi connectivity index (χ2n) is 4.81. The van der Waals surface area contributed by atoms with Crippen LogP contribution in [0.25, 0.3) is 0 Å². The van der Waals surface area contributed by atoms with Crippen molar-refractivity contribution in [1.29, 1.82) is 0 Å². The fourth-order valence-corrected chi connectivity index (χ4v) is 2.33. The molecule has 0 saturated heterocycles. The largest absolute Gasteiger partial charge is 0.484 e. The number of aromatic nitrogens is 2. The van der Waals surface area contributed by atoms with Gasteiger partial charge in [-0.25, -0.2) is 0 Å². The predicted molar refractivity (Wildman–Crippen MR) is 74.0 cm³/mol. The van der Waals surface area contributed by atoms with E-state index in [1.807, 2.05) is 24.3 Å². The van der Waals surface area contributed by atoms with E-state index in [4.69, 9.17) is 14.0 Å². The Morgan fingerprint density at radius 3 is 3.10 bits per heavy atom. The number of aliphatic hydroxyl groups is 1. The Bertz CT molecular complexity index is 601. The van der Waals surface area contributed by atoms with Gasteiger partial charge >= 0.3 is 0 Å². The minimum absolute atomic E-state index is 0.0381. The van der Waals surface area contributed by atoms with Gasteiger partial charge in [0.25, 0.3) is 0 Å². The molecule has 112 valence electrons. The number of benzene rings is 1. The minimum Gasteiger partial charge on any atom is -0.484 e. The van der Waals surface area contributed by atoms with Crippen LogP contribution < -0.4 is 9.64 Å². The van der Waals surface area contributed by atoms with Gasteiger partial charge in [-0.05, 0) is 12.1 Å². The zero-order valence-electron chi connectivity index (χ0n) is 11.7. The third-order valence-electron chi connectivity index (χ3n) is 3.24. The summed E-state index contributed by atoms with van der Waals surface area (Å²) >= 11 is 0. The highest BCUT2D eigenvalue weighted by Gasteiger charge is 2.26. The molecule has 1 N–H and O–H groups in total. The van der Waals surface area contributed by atoms with E-state index >= 15 is 0 Å². The number of anilines is 1. The van der Waals surface area contributed by atoms with Crippen molar-refractivity contribution >= 4 is 5.69 Å². The molecule has 7 heteroatoms. The Labute approximate surface area is 122 Å². The monoisotopic (exact) mass is 291 g/mol. The number of nitrogens with zero attached hydrogens (tertiary/aromatic N) is 3. The molecule has 21 heavy (non-hydrogen) atoms. The van der Waals surface area contributed by atoms with Crippen LogP contribution in [0.1, 0.15) is 11.7 Å². The third kappa shape index (κ3) is 2.98. The standard InChI is InChI=1S/C14H17N3O4/c1-19-9-13-15-14(21-16-13)7-17-6-10(8-18)20-12-5-3-2-4-11(12)17/h2-5,10,18H,6-9H2,1H3. The average Bonchev–Trinajstić information content (AvgIpc) is 2.94. The molecule has 1 aromatic carbocycles. The van der Waals surface area contributed by atoms with E-state index < -0.39 is 0 Å². The number of hydrogen-bond donors (Lipinski definition) is 1. The van der Waals surface area contributed by atoms with E-state index in [0.717, 1.165) is 11.4 Å². The maximum atomic E-state index is 9.35. The second-order valence-corrected chi connectivity index (χ2v) is 4.81. The molecule has 0 radical (unpaired) electrons. The summed E-state index contributed by atoms with van der Waals surface area (Å²) in [6, 6.07) is 7.70. The summed E-state index contributed by atoms with van der Waals surface area (Å²) in [6.45, 7) is 1.31. The summed E-state index contributed by atoms with van der Waals surface area (Å²) in [4.78, 5) is 6.33. The number of rotatable bonds is 5. The Kier molecular flexibility index (Phi) is 4.03. The molecular weight excluding hydrogens is 274 g/mol. The summed E-state index contributed by atoms with van der Waals surface area (Å²) in [6.07, 6.45) is -0.263. The summed E-state index contributed by atoms with van der Waals surface area (Å²) in [5, 5.41) is 13.2. The van der Waals surface area contributed by atoms with Crippen LogP contribution in [0.5, 0.6) is 5.75 Å². The van der Waals surface area contributed by atoms with Crippen LogP contribution in [-0.2, 0) is 17.9 Å². The fraction of sp³-hybridized carbons (Fsp3) is 0.429. The highest BCUT2D eigenvalue weighted by atomic mass is 16.5. The maximum absolute atomic E-state index is 9.35. The van der Waals surface area contributed by atoms with E-state index in [0.29, 0.717) is 31.4 Å². The molecule has 7 nitrogen and oxygen atoms in total. The van der Waals surface area contributed by atoms with Gasteiger partial charge in [0, 0.05) is 7.11 Å². The van der Waals surface area contributed by atoms with Crippen molar-refractivity contribution in [2.24, 2.45) is 0 Å². The first-order valence-electron chi connectivity index (χ1n) is 6.72. The molecule has 3 rings (SSSR count). The first kappa shape index (κ1) is 13.8. The molecule has 0 saturated carbocycles. The number of fused-ring (bicyclic) bond motifs is 1. The van der Waals surface area contributed by atoms with E-state index in [9.17, 15) is 5.11 Å². The van der Waals surface area contributed by atoms with Crippen molar-refractivity contribution in [3.05, 3.63) is 36.0 Å². The Hall–Kier alpha value is -2.12. The van der Waals surface area contributed by atoms with Gasteiger partial charge in [0.2, 0.25) is 5.89 Å². The van der Waals surface area contributed by atoms with Crippen molar-refractivity contribution in [3.63, 3.8) is 0 Å². The smallest absolute Gasteiger partial charge is 0.246 e. The maximum Gasteiger partial charge on any atom is 0.246 e. The van der Waals surface area contributed by atoms with Crippen LogP contribution >= 0.6 is 0 Å². The second kappa shape index (κ2) is 6.11. The SMILES string of the molecule is COCc1noc(CN2CC(CO)Oc3ccccc32)n1. The topological polar surface area (TPSA) is 80.9 Å². The molecular formula is C14H17N3O4. The lowest BCUT2D eigenvalue weighted by Gasteiger charge is -2.34. The van der Waals surface area contributed by atoms with Gasteiger partial charge in [-0.3, -0.25) is 0 Å². The molecule has 1 aliphatic rings. The van der Waals surface area contributed by atoms with Crippen molar-refractivity contribution in [2.45, 2.75) is 19.3 Å². The van der Waals surface area contributed by atoms with Crippen LogP contribution in [0.15, 0.2) is 28.8 Å². The van der Waals surface area contributed by atoms with E-state index in [1.54, 1.807) is 7.11 Å². The minimum atomic E-state index is -0.263. The molecule has 1 atom stereocenters. The molecule has 1 aromatic heterocycles. The zero-order valence-corrected chi connectivity index (χ0v) is 11.7. The third-order valence-corrected chi connectivity index (χ3v) is 3.24. The molecule has 1 unspecified atom stereocenters. The molecule has 0 fully saturated rings. The number of ether oxygens (including phenoxy) is 2. The first-order valence-corrected chi connectivity index (χ1v) is 6.72. The Morgan fingerprint density at radius 2 is 2.29 bits per heavy atom. The van der Waals surface area contributed by atoms with Crippen LogP contribution in [0.3, 0.4) is 0 Å². The van der Waals surface area contributed by atoms with Crippen molar-refractivity contribution in [3.8, 4) is 5.75 Å². The molecule has 2 heterocycles. The number of methoxy groups -OCH3 is 1. The zero-order chi connectivity index (χ0) is 14.7. The number of para-hydroxylation sites is 2. The van der Waals surface area contributed by atoms with Crippen molar-refractivity contribution in [1.82, 2.24) is 10.1 Å². The van der Waals surface area contributed by atoms with Gasteiger partial charge in [0.1, 0.15) is 18.5 Å². The summed E-state index contributed by atoms with van der Waals surface area (Å²) in [7, 11) is 1.58. The van der Waals surface area contributed by atoms with Gasteiger partial charge in [0.05, 0.1) is 25.4 Å². The van der Waals surface area contributed by atoms with Crippen LogP contribution in [0.4, 0.5) is 5.69 Å². The van der Waals surface area contributed by atoms with Gasteiger partial charge < -0.3 is 24.0 Å². The van der Waals surface area contributed by atoms with Crippen LogP contribution in [0, 0.1) is 0 Å². The van der Waals surface area contributed by atoms with Gasteiger partial charge in [0.15, 0.2) is 5.82 Å². The van der Waals surface area contributed by atoms with Crippen LogP contribution in [-0.4, -0.2) is 41.6 Å². The molecule has 0 amide bonds. The molecule has 2 aromatic rings. The Morgan fingerprint density at radius 1 is 1.43 bits per heavy atom. The Balaban J connectivity index is 1.80. The van der Waals surface area contributed by atoms with Crippen molar-refractivity contribution in [2.75, 3.05) is 25.2 Å². The van der Waals surface area contributed by atoms with E-state index in [2.05, 4.69) is 15.0 Å². The predicted octanol–water partition coefficient (Wildman–Crippen LogP) is 0.976. The lowest BCUT2D eigenvalue weighted by atomic mass is 10.2. The van der Waals surface area contributed by atoms with Gasteiger partial charge in [-0.1, -0.05) is 17.3 Å². The normalized spacial score (nSPS) is 17.4. The summed E-state index contributed by atoms with van der Waals surface area (Å²) in [5.74, 6) is 1.78. The lowest BCUT2D eigenvalue weighted by molar-refractivity contribution is 0.111. The fourth-order valence-electron chi connectivity index (χ4n) is 2.33. The number of hydrogen-bond acceptors (Lipinski definition) is 7. The van der Waals surface area contributed by atoms with E-state index in [1.165, 1.54) is 0 Å². The highest BCUT2D eigenvalue weighted by molar-refractivity contribution is 5.60. The van der Waals surface area contributed by atoms with Gasteiger partial charge in [-0.2, -0.15) is 4.98 Å².